The maximum Gasteiger partial charge on any atom is 0.134 e. The number of rotatable bonds is 8. The summed E-state index contributed by atoms with van der Waals surface area (Å²) < 4.78 is 0. The first-order chi connectivity index (χ1) is 8.72. The standard InChI is InChI=1S/C13H24N4S/c1-5-11-12(14-4)15-9-16-13(11)17-10(3)7-8-18-6-2/h9-10H,5-8H2,1-4H3,(H2,14,15,16,17). The van der Waals surface area contributed by atoms with E-state index in [2.05, 4.69) is 41.4 Å². The average Bonchev–Trinajstić information content (AvgIpc) is 2.38. The summed E-state index contributed by atoms with van der Waals surface area (Å²) in [5, 5.41) is 6.61. The average molecular weight is 268 g/mol. The highest BCUT2D eigenvalue weighted by Crippen LogP contribution is 2.21. The molecular weight excluding hydrogens is 244 g/mol. The second kappa shape index (κ2) is 8.19. The van der Waals surface area contributed by atoms with E-state index in [9.17, 15) is 0 Å². The molecule has 0 bridgehead atoms. The molecule has 1 heterocycles. The normalized spacial score (nSPS) is 12.2. The predicted molar refractivity (Wildman–Crippen MR) is 81.7 cm³/mol. The van der Waals surface area contributed by atoms with E-state index < -0.39 is 0 Å². The van der Waals surface area contributed by atoms with E-state index in [1.54, 1.807) is 6.33 Å². The van der Waals surface area contributed by atoms with Crippen molar-refractivity contribution in [1.29, 1.82) is 0 Å². The monoisotopic (exact) mass is 268 g/mol. The quantitative estimate of drug-likeness (QED) is 0.710. The maximum absolute atomic E-state index is 4.36. The highest BCUT2D eigenvalue weighted by molar-refractivity contribution is 7.99. The zero-order chi connectivity index (χ0) is 13.4. The largest absolute Gasteiger partial charge is 0.373 e. The molecule has 5 heteroatoms. The summed E-state index contributed by atoms with van der Waals surface area (Å²) in [6.07, 6.45) is 3.69. The Labute approximate surface area is 114 Å². The molecule has 0 aliphatic carbocycles. The van der Waals surface area contributed by atoms with Crippen molar-refractivity contribution >= 4 is 23.4 Å². The highest BCUT2D eigenvalue weighted by Gasteiger charge is 2.10. The minimum absolute atomic E-state index is 0.439. The maximum atomic E-state index is 4.36. The van der Waals surface area contributed by atoms with Crippen LogP contribution in [0.4, 0.5) is 11.6 Å². The molecule has 0 saturated carbocycles. The van der Waals surface area contributed by atoms with Gasteiger partial charge in [0.2, 0.25) is 0 Å². The molecule has 1 unspecified atom stereocenters. The van der Waals surface area contributed by atoms with Gasteiger partial charge in [-0.25, -0.2) is 9.97 Å². The van der Waals surface area contributed by atoms with Crippen LogP contribution in [-0.2, 0) is 6.42 Å². The van der Waals surface area contributed by atoms with Crippen LogP contribution in [0.25, 0.3) is 0 Å². The molecule has 0 radical (unpaired) electrons. The van der Waals surface area contributed by atoms with E-state index >= 15 is 0 Å². The van der Waals surface area contributed by atoms with Gasteiger partial charge < -0.3 is 10.6 Å². The van der Waals surface area contributed by atoms with Gasteiger partial charge in [0.05, 0.1) is 0 Å². The summed E-state index contributed by atoms with van der Waals surface area (Å²) in [6, 6.07) is 0.439. The second-order valence-electron chi connectivity index (χ2n) is 4.18. The molecular formula is C13H24N4S. The Hall–Kier alpha value is -0.970. The second-order valence-corrected chi connectivity index (χ2v) is 5.58. The molecule has 1 aromatic heterocycles. The highest BCUT2D eigenvalue weighted by atomic mass is 32.2. The first-order valence-corrected chi connectivity index (χ1v) is 7.74. The first kappa shape index (κ1) is 15.1. The lowest BCUT2D eigenvalue weighted by molar-refractivity contribution is 0.762. The Morgan fingerprint density at radius 1 is 1.28 bits per heavy atom. The Morgan fingerprint density at radius 2 is 2.00 bits per heavy atom. The fraction of sp³-hybridized carbons (Fsp3) is 0.692. The Balaban J connectivity index is 2.65. The van der Waals surface area contributed by atoms with Crippen LogP contribution in [0.3, 0.4) is 0 Å². The van der Waals surface area contributed by atoms with E-state index in [-0.39, 0.29) is 0 Å². The fourth-order valence-electron chi connectivity index (χ4n) is 1.80. The van der Waals surface area contributed by atoms with Crippen molar-refractivity contribution in [3.63, 3.8) is 0 Å². The van der Waals surface area contributed by atoms with E-state index in [1.165, 1.54) is 11.5 Å². The van der Waals surface area contributed by atoms with Crippen molar-refractivity contribution in [3.05, 3.63) is 11.9 Å². The number of thioether (sulfide) groups is 1. The molecule has 2 N–H and O–H groups in total. The van der Waals surface area contributed by atoms with Gasteiger partial charge in [-0.05, 0) is 31.3 Å². The number of hydrogen-bond acceptors (Lipinski definition) is 5. The number of anilines is 2. The van der Waals surface area contributed by atoms with Gasteiger partial charge in [0.1, 0.15) is 18.0 Å². The molecule has 4 nitrogen and oxygen atoms in total. The van der Waals surface area contributed by atoms with Gasteiger partial charge in [0.25, 0.3) is 0 Å². The van der Waals surface area contributed by atoms with Crippen LogP contribution in [0, 0.1) is 0 Å². The minimum atomic E-state index is 0.439. The molecule has 1 atom stereocenters. The number of aromatic nitrogens is 2. The molecule has 0 saturated heterocycles. The zero-order valence-corrected chi connectivity index (χ0v) is 12.6. The topological polar surface area (TPSA) is 49.8 Å². The van der Waals surface area contributed by atoms with Gasteiger partial charge in [0.15, 0.2) is 0 Å². The van der Waals surface area contributed by atoms with Crippen LogP contribution in [0.1, 0.15) is 32.8 Å². The summed E-state index contributed by atoms with van der Waals surface area (Å²) in [5.41, 5.74) is 1.16. The molecule has 1 aromatic rings. The minimum Gasteiger partial charge on any atom is -0.373 e. The number of nitrogens with zero attached hydrogens (tertiary/aromatic N) is 2. The Kier molecular flexibility index (Phi) is 6.86. The van der Waals surface area contributed by atoms with Crippen molar-refractivity contribution in [1.82, 2.24) is 9.97 Å². The van der Waals surface area contributed by atoms with Crippen LogP contribution in [0.5, 0.6) is 0 Å². The number of nitrogens with one attached hydrogen (secondary N) is 2. The first-order valence-electron chi connectivity index (χ1n) is 6.58. The lowest BCUT2D eigenvalue weighted by atomic mass is 10.2. The van der Waals surface area contributed by atoms with Crippen molar-refractivity contribution in [3.8, 4) is 0 Å². The van der Waals surface area contributed by atoms with Gasteiger partial charge in [-0.2, -0.15) is 11.8 Å². The molecule has 0 amide bonds. The third-order valence-corrected chi connectivity index (χ3v) is 3.75. The summed E-state index contributed by atoms with van der Waals surface area (Å²) in [6.45, 7) is 6.53. The van der Waals surface area contributed by atoms with E-state index in [4.69, 9.17) is 0 Å². The Morgan fingerprint density at radius 3 is 2.61 bits per heavy atom. The lowest BCUT2D eigenvalue weighted by Gasteiger charge is -2.17. The molecule has 102 valence electrons. The smallest absolute Gasteiger partial charge is 0.134 e. The lowest BCUT2D eigenvalue weighted by Crippen LogP contribution is -2.19. The van der Waals surface area contributed by atoms with Crippen molar-refractivity contribution in [2.24, 2.45) is 0 Å². The predicted octanol–water partition coefficient (Wildman–Crippen LogP) is 3.02. The van der Waals surface area contributed by atoms with Gasteiger partial charge >= 0.3 is 0 Å². The van der Waals surface area contributed by atoms with Crippen LogP contribution in [-0.4, -0.2) is 34.6 Å². The van der Waals surface area contributed by atoms with Crippen LogP contribution in [0.15, 0.2) is 6.33 Å². The molecule has 1 rings (SSSR count). The van der Waals surface area contributed by atoms with Gasteiger partial charge in [-0.15, -0.1) is 0 Å². The fourth-order valence-corrected chi connectivity index (χ4v) is 2.61. The van der Waals surface area contributed by atoms with Gasteiger partial charge in [-0.3, -0.25) is 0 Å². The molecule has 0 aromatic carbocycles. The molecule has 0 fully saturated rings. The van der Waals surface area contributed by atoms with Gasteiger partial charge in [-0.1, -0.05) is 13.8 Å². The van der Waals surface area contributed by atoms with Crippen molar-refractivity contribution in [2.45, 2.75) is 39.7 Å². The SMILES string of the molecule is CCSCCC(C)Nc1ncnc(NC)c1CC. The third-order valence-electron chi connectivity index (χ3n) is 2.82. The van der Waals surface area contributed by atoms with E-state index in [1.807, 2.05) is 18.8 Å². The van der Waals surface area contributed by atoms with E-state index in [0.717, 1.165) is 30.0 Å². The summed E-state index contributed by atoms with van der Waals surface area (Å²) in [4.78, 5) is 8.60. The molecule has 0 aliphatic heterocycles. The van der Waals surface area contributed by atoms with Crippen LogP contribution >= 0.6 is 11.8 Å². The van der Waals surface area contributed by atoms with Crippen LogP contribution in [0.2, 0.25) is 0 Å². The van der Waals surface area contributed by atoms with E-state index in [0.29, 0.717) is 6.04 Å². The summed E-state index contributed by atoms with van der Waals surface area (Å²) in [5.74, 6) is 4.26. The third kappa shape index (κ3) is 4.37. The van der Waals surface area contributed by atoms with Crippen LogP contribution < -0.4 is 10.6 Å². The Bertz CT molecular complexity index is 357. The van der Waals surface area contributed by atoms with Gasteiger partial charge in [0, 0.05) is 18.7 Å². The summed E-state index contributed by atoms with van der Waals surface area (Å²) >= 11 is 1.98. The zero-order valence-electron chi connectivity index (χ0n) is 11.8. The summed E-state index contributed by atoms with van der Waals surface area (Å²) in [7, 11) is 1.90. The molecule has 18 heavy (non-hydrogen) atoms. The van der Waals surface area contributed by atoms with Crippen molar-refractivity contribution in [2.75, 3.05) is 29.2 Å². The molecule has 0 aliphatic rings. The molecule has 0 spiro atoms. The van der Waals surface area contributed by atoms with Crippen molar-refractivity contribution < 1.29 is 0 Å². The number of hydrogen-bond donors (Lipinski definition) is 2.